The van der Waals surface area contributed by atoms with Gasteiger partial charge >= 0.3 is 0 Å². The number of carbonyl (C=O) groups is 1. The van der Waals surface area contributed by atoms with Crippen LogP contribution in [0.1, 0.15) is 16.1 Å². The average Bonchev–Trinajstić information content (AvgIpc) is 2.32. The summed E-state index contributed by atoms with van der Waals surface area (Å²) in [4.78, 5) is 16.0. The highest BCUT2D eigenvalue weighted by atomic mass is 79.9. The van der Waals surface area contributed by atoms with Crippen molar-refractivity contribution in [2.45, 2.75) is 6.92 Å². The molecular weight excluding hydrogens is 299 g/mol. The summed E-state index contributed by atoms with van der Waals surface area (Å²) in [5.74, 6) is -0.618. The summed E-state index contributed by atoms with van der Waals surface area (Å²) in [5.41, 5.74) is 1.80. The number of hydrogen-bond donors (Lipinski definition) is 1. The minimum absolute atomic E-state index is 0.257. The molecule has 3 nitrogen and oxygen atoms in total. The molecule has 0 aliphatic rings. The molecule has 0 radical (unpaired) electrons. The van der Waals surface area contributed by atoms with Crippen LogP contribution in [0.4, 0.5) is 10.1 Å². The summed E-state index contributed by atoms with van der Waals surface area (Å²) in [7, 11) is 0. The van der Waals surface area contributed by atoms with Crippen LogP contribution in [0, 0.1) is 12.7 Å². The lowest BCUT2D eigenvalue weighted by atomic mass is 10.2. The number of hydrogen-bond acceptors (Lipinski definition) is 2. The van der Waals surface area contributed by atoms with Gasteiger partial charge in [-0.3, -0.25) is 9.78 Å². The van der Waals surface area contributed by atoms with Crippen molar-refractivity contribution in [3.05, 3.63) is 58.1 Å². The Morgan fingerprint density at radius 2 is 2.11 bits per heavy atom. The van der Waals surface area contributed by atoms with Crippen LogP contribution >= 0.6 is 15.9 Å². The van der Waals surface area contributed by atoms with Crippen LogP contribution in [0.5, 0.6) is 0 Å². The number of pyridine rings is 1. The Hall–Kier alpha value is -1.75. The van der Waals surface area contributed by atoms with Crippen LogP contribution in [0.15, 0.2) is 41.0 Å². The first kappa shape index (κ1) is 12.7. The van der Waals surface area contributed by atoms with Gasteiger partial charge in [-0.2, -0.15) is 0 Å². The Kier molecular flexibility index (Phi) is 3.72. The lowest BCUT2D eigenvalue weighted by Gasteiger charge is -2.07. The SMILES string of the molecule is Cc1cc(C(=O)Nc2ccc(F)cc2Br)ccn1. The second-order valence-electron chi connectivity index (χ2n) is 3.76. The summed E-state index contributed by atoms with van der Waals surface area (Å²) in [6, 6.07) is 7.41. The van der Waals surface area contributed by atoms with E-state index in [0.717, 1.165) is 5.69 Å². The van der Waals surface area contributed by atoms with Gasteiger partial charge in [0.1, 0.15) is 5.82 Å². The molecule has 18 heavy (non-hydrogen) atoms. The highest BCUT2D eigenvalue weighted by molar-refractivity contribution is 9.10. The molecule has 0 atom stereocenters. The largest absolute Gasteiger partial charge is 0.321 e. The first-order valence-electron chi connectivity index (χ1n) is 5.25. The molecule has 2 aromatic rings. The molecule has 2 rings (SSSR count). The summed E-state index contributed by atoms with van der Waals surface area (Å²) in [5, 5.41) is 2.70. The normalized spacial score (nSPS) is 10.2. The van der Waals surface area contributed by atoms with Crippen LogP contribution in [0.3, 0.4) is 0 Å². The third-order valence-electron chi connectivity index (χ3n) is 2.34. The van der Waals surface area contributed by atoms with Crippen molar-refractivity contribution in [3.8, 4) is 0 Å². The van der Waals surface area contributed by atoms with Gasteiger partial charge in [0.05, 0.1) is 5.69 Å². The monoisotopic (exact) mass is 308 g/mol. The first-order valence-corrected chi connectivity index (χ1v) is 6.04. The number of nitrogens with zero attached hydrogens (tertiary/aromatic N) is 1. The predicted molar refractivity (Wildman–Crippen MR) is 71.0 cm³/mol. The van der Waals surface area contributed by atoms with Crippen molar-refractivity contribution in [2.24, 2.45) is 0 Å². The van der Waals surface area contributed by atoms with Crippen molar-refractivity contribution >= 4 is 27.5 Å². The van der Waals surface area contributed by atoms with Crippen molar-refractivity contribution in [3.63, 3.8) is 0 Å². The molecule has 1 heterocycles. The fraction of sp³-hybridized carbons (Fsp3) is 0.0769. The zero-order chi connectivity index (χ0) is 13.1. The molecular formula is C13H10BrFN2O. The zero-order valence-electron chi connectivity index (χ0n) is 9.58. The first-order chi connectivity index (χ1) is 8.56. The topological polar surface area (TPSA) is 42.0 Å². The number of carbonyl (C=O) groups excluding carboxylic acids is 1. The summed E-state index contributed by atoms with van der Waals surface area (Å²) in [6.45, 7) is 1.81. The molecule has 1 aromatic carbocycles. The number of nitrogens with one attached hydrogen (secondary N) is 1. The Balaban J connectivity index is 2.21. The Labute approximate surface area is 112 Å². The van der Waals surface area contributed by atoms with E-state index >= 15 is 0 Å². The highest BCUT2D eigenvalue weighted by Gasteiger charge is 2.09. The lowest BCUT2D eigenvalue weighted by Crippen LogP contribution is -2.12. The van der Waals surface area contributed by atoms with Gasteiger partial charge in [0, 0.05) is 21.9 Å². The van der Waals surface area contributed by atoms with E-state index in [2.05, 4.69) is 26.2 Å². The molecule has 0 aliphatic carbocycles. The number of anilines is 1. The highest BCUT2D eigenvalue weighted by Crippen LogP contribution is 2.23. The Bertz CT molecular complexity index is 601. The van der Waals surface area contributed by atoms with E-state index < -0.39 is 0 Å². The van der Waals surface area contributed by atoms with Crippen molar-refractivity contribution < 1.29 is 9.18 Å². The van der Waals surface area contributed by atoms with Gasteiger partial charge in [0.2, 0.25) is 0 Å². The molecule has 0 fully saturated rings. The van der Waals surface area contributed by atoms with Crippen LogP contribution in [-0.4, -0.2) is 10.9 Å². The second-order valence-corrected chi connectivity index (χ2v) is 4.62. The molecule has 0 spiro atoms. The zero-order valence-corrected chi connectivity index (χ0v) is 11.2. The maximum Gasteiger partial charge on any atom is 0.255 e. The van der Waals surface area contributed by atoms with Crippen molar-refractivity contribution in [2.75, 3.05) is 5.32 Å². The molecule has 0 unspecified atom stereocenters. The fourth-order valence-electron chi connectivity index (χ4n) is 1.47. The van der Waals surface area contributed by atoms with Crippen molar-refractivity contribution in [1.82, 2.24) is 4.98 Å². The summed E-state index contributed by atoms with van der Waals surface area (Å²) < 4.78 is 13.4. The van der Waals surface area contributed by atoms with E-state index in [1.165, 1.54) is 18.2 Å². The molecule has 1 amide bonds. The van der Waals surface area contributed by atoms with Gasteiger partial charge in [-0.25, -0.2) is 4.39 Å². The van der Waals surface area contributed by atoms with E-state index in [0.29, 0.717) is 15.7 Å². The molecule has 0 saturated carbocycles. The third kappa shape index (κ3) is 2.92. The molecule has 0 aliphatic heterocycles. The molecule has 92 valence electrons. The lowest BCUT2D eigenvalue weighted by molar-refractivity contribution is 0.102. The van der Waals surface area contributed by atoms with Gasteiger partial charge in [0.15, 0.2) is 0 Å². The van der Waals surface area contributed by atoms with Gasteiger partial charge in [-0.1, -0.05) is 0 Å². The smallest absolute Gasteiger partial charge is 0.255 e. The third-order valence-corrected chi connectivity index (χ3v) is 2.99. The van der Waals surface area contributed by atoms with E-state index in [4.69, 9.17) is 0 Å². The Morgan fingerprint density at radius 1 is 1.33 bits per heavy atom. The fourth-order valence-corrected chi connectivity index (χ4v) is 1.92. The molecule has 0 saturated heterocycles. The maximum absolute atomic E-state index is 12.9. The van der Waals surface area contributed by atoms with Crippen molar-refractivity contribution in [1.29, 1.82) is 0 Å². The number of rotatable bonds is 2. The molecule has 1 N–H and O–H groups in total. The van der Waals surface area contributed by atoms with E-state index in [1.807, 2.05) is 6.92 Å². The number of benzene rings is 1. The molecule has 5 heteroatoms. The van der Waals surface area contributed by atoms with E-state index in [-0.39, 0.29) is 11.7 Å². The van der Waals surface area contributed by atoms with Crippen LogP contribution in [0.25, 0.3) is 0 Å². The van der Waals surface area contributed by atoms with Gasteiger partial charge in [-0.05, 0) is 53.2 Å². The van der Waals surface area contributed by atoms with Gasteiger partial charge < -0.3 is 5.32 Å². The maximum atomic E-state index is 12.9. The predicted octanol–water partition coefficient (Wildman–Crippen LogP) is 3.54. The van der Waals surface area contributed by atoms with Crippen LogP contribution < -0.4 is 5.32 Å². The number of amides is 1. The molecule has 1 aromatic heterocycles. The van der Waals surface area contributed by atoms with Crippen LogP contribution in [-0.2, 0) is 0 Å². The summed E-state index contributed by atoms with van der Waals surface area (Å²) in [6.07, 6.45) is 1.57. The standard InChI is InChI=1S/C13H10BrFN2O/c1-8-6-9(4-5-16-8)13(18)17-12-3-2-10(15)7-11(12)14/h2-7H,1H3,(H,17,18). The minimum Gasteiger partial charge on any atom is -0.321 e. The average molecular weight is 309 g/mol. The molecule has 0 bridgehead atoms. The quantitative estimate of drug-likeness (QED) is 0.922. The van der Waals surface area contributed by atoms with Gasteiger partial charge in [-0.15, -0.1) is 0 Å². The second kappa shape index (κ2) is 5.27. The number of aryl methyl sites for hydroxylation is 1. The number of aromatic nitrogens is 1. The Morgan fingerprint density at radius 3 is 2.78 bits per heavy atom. The minimum atomic E-state index is -0.361. The van der Waals surface area contributed by atoms with Crippen LogP contribution in [0.2, 0.25) is 0 Å². The van der Waals surface area contributed by atoms with E-state index in [1.54, 1.807) is 18.3 Å². The van der Waals surface area contributed by atoms with Gasteiger partial charge in [0.25, 0.3) is 5.91 Å². The summed E-state index contributed by atoms with van der Waals surface area (Å²) >= 11 is 3.20. The number of halogens is 2. The van der Waals surface area contributed by atoms with E-state index in [9.17, 15) is 9.18 Å².